The Hall–Kier alpha value is -5.02. The van der Waals surface area contributed by atoms with Gasteiger partial charge in [0.15, 0.2) is 46.8 Å². The van der Waals surface area contributed by atoms with Crippen LogP contribution in [0.25, 0.3) is 49.3 Å². The summed E-state index contributed by atoms with van der Waals surface area (Å²) < 4.78 is 61.1. The molecule has 0 bridgehead atoms. The molecule has 0 amide bonds. The van der Waals surface area contributed by atoms with Gasteiger partial charge in [0.05, 0.1) is 66.0 Å². The van der Waals surface area contributed by atoms with Crippen molar-refractivity contribution in [3.05, 3.63) is 58.6 Å². The Morgan fingerprint density at radius 2 is 1.33 bits per heavy atom. The maximum Gasteiger partial charge on any atom is 0.361 e. The van der Waals surface area contributed by atoms with Crippen LogP contribution in [0.15, 0.2) is 51.8 Å². The third-order valence-corrected chi connectivity index (χ3v) is 8.96. The molecule has 0 N–H and O–H groups in total. The summed E-state index contributed by atoms with van der Waals surface area (Å²) in [6.07, 6.45) is 1.33. The summed E-state index contributed by atoms with van der Waals surface area (Å²) in [5.41, 5.74) is 2.68. The summed E-state index contributed by atoms with van der Waals surface area (Å²) in [6.45, 7) is 11.5. The van der Waals surface area contributed by atoms with Gasteiger partial charge in [-0.1, -0.05) is 6.07 Å². The first kappa shape index (κ1) is 38.7. The van der Waals surface area contributed by atoms with Crippen molar-refractivity contribution in [2.24, 2.45) is 0 Å². The Bertz CT molecular complexity index is 2380. The van der Waals surface area contributed by atoms with Gasteiger partial charge in [-0.3, -0.25) is 4.18 Å². The molecule has 14 heteroatoms. The molecule has 0 atom stereocenters. The van der Waals surface area contributed by atoms with Crippen LogP contribution in [0.2, 0.25) is 0 Å². The van der Waals surface area contributed by atoms with Crippen LogP contribution in [0, 0.1) is 0 Å². The predicted molar refractivity (Wildman–Crippen MR) is 208 cm³/mol. The monoisotopic (exact) mass is 763 g/mol. The van der Waals surface area contributed by atoms with E-state index in [1.54, 1.807) is 34.5 Å². The van der Waals surface area contributed by atoms with E-state index in [9.17, 15) is 4.79 Å². The summed E-state index contributed by atoms with van der Waals surface area (Å²) in [5, 5.41) is 2.57. The number of fused-ring (bicyclic) bond motifs is 7. The molecule has 3 aromatic carbocycles. The zero-order valence-corrected chi connectivity index (χ0v) is 33.1. The zero-order valence-electron chi connectivity index (χ0n) is 32.2. The fourth-order valence-corrected chi connectivity index (χ4v) is 6.99. The highest BCUT2D eigenvalue weighted by atomic mass is 32.2. The van der Waals surface area contributed by atoms with Crippen LogP contribution in [0.4, 0.5) is 0 Å². The fraction of sp³-hybridized carbons (Fsp3) is 0.375. The van der Waals surface area contributed by atoms with E-state index in [4.69, 9.17) is 51.0 Å². The molecule has 0 aliphatic rings. The van der Waals surface area contributed by atoms with Crippen molar-refractivity contribution in [1.82, 2.24) is 4.40 Å². The van der Waals surface area contributed by atoms with Crippen molar-refractivity contribution in [3.8, 4) is 51.4 Å². The minimum atomic E-state index is -0.563. The van der Waals surface area contributed by atoms with E-state index in [1.165, 1.54) is 7.11 Å². The van der Waals surface area contributed by atoms with Gasteiger partial charge in [-0.05, 0) is 71.4 Å². The molecule has 0 aliphatic heterocycles. The lowest BCUT2D eigenvalue weighted by atomic mass is 9.95. The topological polar surface area (TPSA) is 127 Å². The Labute approximate surface area is 317 Å². The fourth-order valence-electron chi connectivity index (χ4n) is 6.73. The summed E-state index contributed by atoms with van der Waals surface area (Å²) in [6, 6.07) is 11.1. The second-order valence-electron chi connectivity index (χ2n) is 13.1. The highest BCUT2D eigenvalue weighted by molar-refractivity contribution is 7.89. The van der Waals surface area contributed by atoms with Crippen LogP contribution in [-0.4, -0.2) is 58.3 Å². The minimum Gasteiger partial charge on any atom is -0.493 e. The van der Waals surface area contributed by atoms with Gasteiger partial charge in [-0.2, -0.15) is 0 Å². The van der Waals surface area contributed by atoms with Crippen LogP contribution < -0.4 is 38.8 Å². The highest BCUT2D eigenvalue weighted by Crippen LogP contribution is 2.52. The predicted octanol–water partition coefficient (Wildman–Crippen LogP) is 9.07. The van der Waals surface area contributed by atoms with E-state index in [0.29, 0.717) is 102 Å². The van der Waals surface area contributed by atoms with Gasteiger partial charge in [0.2, 0.25) is 5.75 Å². The summed E-state index contributed by atoms with van der Waals surface area (Å²) >= 11 is 0.662. The molecule has 3 heterocycles. The van der Waals surface area contributed by atoms with Gasteiger partial charge < -0.3 is 42.0 Å². The number of ether oxygens (including phenoxy) is 7. The molecule has 0 saturated carbocycles. The number of methoxy groups -OCH3 is 4. The maximum atomic E-state index is 14.3. The number of hydrogen-bond donors (Lipinski definition) is 0. The molecule has 0 spiro atoms. The van der Waals surface area contributed by atoms with Crippen LogP contribution in [-0.2, 0) is 20.0 Å². The van der Waals surface area contributed by atoms with Crippen molar-refractivity contribution in [2.75, 3.05) is 35.5 Å². The molecule has 6 aromatic rings. The van der Waals surface area contributed by atoms with Gasteiger partial charge in [0.25, 0.3) is 0 Å². The Morgan fingerprint density at radius 3 is 1.96 bits per heavy atom. The number of rotatable bonds is 16. The first-order valence-corrected chi connectivity index (χ1v) is 18.0. The molecule has 0 saturated heterocycles. The number of benzene rings is 3. The van der Waals surface area contributed by atoms with Gasteiger partial charge >= 0.3 is 5.63 Å². The molecule has 0 fully saturated rings. The van der Waals surface area contributed by atoms with E-state index in [1.807, 2.05) is 82.5 Å². The van der Waals surface area contributed by atoms with Gasteiger partial charge in [0, 0.05) is 44.9 Å². The lowest BCUT2D eigenvalue weighted by molar-refractivity contribution is -0.167. The first-order valence-electron chi connectivity index (χ1n) is 17.4. The molecule has 54 heavy (non-hydrogen) atoms. The minimum absolute atomic E-state index is 0.0315. The largest absolute Gasteiger partial charge is 0.493 e. The Kier molecular flexibility index (Phi) is 11.6. The quantitative estimate of drug-likeness (QED) is 0.0306. The maximum absolute atomic E-state index is 14.3. The van der Waals surface area contributed by atoms with E-state index >= 15 is 0 Å². The van der Waals surface area contributed by atoms with Crippen LogP contribution in [0.1, 0.15) is 47.1 Å². The van der Waals surface area contributed by atoms with Crippen molar-refractivity contribution < 1.29 is 51.0 Å². The SMILES string of the molecule is COOSOCc1c(OC)c(OC)c(OC(C)C)c2ccn3c(c(-c4ccc(OC(C)C)c(OC)c4)c4c5cc(OC)c(OC(C)C)cc5oc(=O)c43)c12. The molecule has 288 valence electrons. The van der Waals surface area contributed by atoms with E-state index in [2.05, 4.69) is 0 Å². The van der Waals surface area contributed by atoms with Crippen LogP contribution in [0.3, 0.4) is 0 Å². The smallest absolute Gasteiger partial charge is 0.361 e. The lowest BCUT2D eigenvalue weighted by Crippen LogP contribution is -2.10. The van der Waals surface area contributed by atoms with E-state index in [-0.39, 0.29) is 24.9 Å². The third-order valence-electron chi connectivity index (χ3n) is 8.55. The number of aromatic nitrogens is 1. The number of nitrogens with zero attached hydrogens (tertiary/aromatic N) is 1. The van der Waals surface area contributed by atoms with Gasteiger partial charge in [-0.15, -0.1) is 4.33 Å². The van der Waals surface area contributed by atoms with Crippen molar-refractivity contribution in [3.63, 3.8) is 0 Å². The molecule has 6 rings (SSSR count). The van der Waals surface area contributed by atoms with Crippen LogP contribution >= 0.6 is 12.3 Å². The van der Waals surface area contributed by atoms with E-state index in [0.717, 1.165) is 5.56 Å². The molecule has 0 unspecified atom stereocenters. The summed E-state index contributed by atoms with van der Waals surface area (Å²) in [4.78, 5) is 19.1. The average Bonchev–Trinajstić information content (AvgIpc) is 3.49. The second-order valence-corrected chi connectivity index (χ2v) is 13.6. The van der Waals surface area contributed by atoms with Crippen LogP contribution in [0.5, 0.6) is 40.2 Å². The molecule has 0 aliphatic carbocycles. The molecule has 13 nitrogen and oxygen atoms in total. The molecular formula is C40H45NO12S. The van der Waals surface area contributed by atoms with Gasteiger partial charge in [-0.25, -0.2) is 9.68 Å². The number of hydrogen-bond acceptors (Lipinski definition) is 13. The lowest BCUT2D eigenvalue weighted by Gasteiger charge is -2.22. The normalized spacial score (nSPS) is 11.8. The molecule has 3 aromatic heterocycles. The third kappa shape index (κ3) is 7.02. The number of pyridine rings is 1. The van der Waals surface area contributed by atoms with Crippen molar-refractivity contribution in [2.45, 2.75) is 66.5 Å². The van der Waals surface area contributed by atoms with Crippen molar-refractivity contribution in [1.29, 1.82) is 0 Å². The Balaban J connectivity index is 1.89. The zero-order chi connectivity index (χ0) is 38.8. The standard InChI is InChI=1S/C40H45NO12S/c1-20(2)49-27-13-12-23(16-29(27)43-7)32-34-25-17-30(44-8)31(50-21(3)4)18-28(25)52-40(42)36(34)41-15-14-24-33(35(32)41)26(19-48-54-53-47-11)37(45-9)39(46-10)38(24)51-22(5)6/h12-18,20-22H,19H2,1-11H3. The van der Waals surface area contributed by atoms with Crippen molar-refractivity contribution >= 4 is 50.5 Å². The summed E-state index contributed by atoms with van der Waals surface area (Å²) in [7, 11) is 7.63. The van der Waals surface area contributed by atoms with Gasteiger partial charge in [0.1, 0.15) is 11.1 Å². The second kappa shape index (κ2) is 16.1. The highest BCUT2D eigenvalue weighted by Gasteiger charge is 2.30. The Morgan fingerprint density at radius 1 is 0.667 bits per heavy atom. The van der Waals surface area contributed by atoms with E-state index < -0.39 is 5.63 Å². The first-order chi connectivity index (χ1) is 26.0. The average molecular weight is 764 g/mol. The molecule has 0 radical (unpaired) electrons. The molecular weight excluding hydrogens is 719 g/mol. The summed E-state index contributed by atoms with van der Waals surface area (Å²) in [5.74, 6) is 3.19.